The maximum Gasteiger partial charge on any atom is 0.274 e. The van der Waals surface area contributed by atoms with Crippen LogP contribution in [-0.2, 0) is 21.9 Å². The molecule has 1 N–H and O–H groups in total. The van der Waals surface area contributed by atoms with Crippen molar-refractivity contribution >= 4 is 21.8 Å². The van der Waals surface area contributed by atoms with E-state index in [1.807, 2.05) is 6.92 Å². The minimum atomic E-state index is -3.72. The number of nitrogens with zero attached hydrogens (tertiary/aromatic N) is 4. The molecular weight excluding hydrogens is 406 g/mol. The van der Waals surface area contributed by atoms with Crippen molar-refractivity contribution in [1.82, 2.24) is 24.3 Å². The van der Waals surface area contributed by atoms with Gasteiger partial charge in [0.2, 0.25) is 15.9 Å². The highest BCUT2D eigenvalue weighted by Gasteiger charge is 2.26. The molecule has 0 unspecified atom stereocenters. The van der Waals surface area contributed by atoms with Crippen LogP contribution in [-0.4, -0.2) is 71.9 Å². The van der Waals surface area contributed by atoms with Crippen LogP contribution in [0.3, 0.4) is 0 Å². The number of hydrogen-bond acceptors (Lipinski definition) is 5. The van der Waals surface area contributed by atoms with E-state index >= 15 is 0 Å². The van der Waals surface area contributed by atoms with Crippen molar-refractivity contribution in [1.29, 1.82) is 0 Å². The van der Waals surface area contributed by atoms with Gasteiger partial charge in [0.25, 0.3) is 5.91 Å². The molecule has 0 spiro atoms. The SMILES string of the molecule is Cc1cc(C(=O)N2CCCN(S(=O)(=O)c3ccccc3)CCC(=O)NCC2)nn1C. The molecule has 10 heteroatoms. The molecule has 1 aromatic carbocycles. The molecule has 1 fully saturated rings. The van der Waals surface area contributed by atoms with Gasteiger partial charge < -0.3 is 10.2 Å². The molecule has 0 atom stereocenters. The Bertz CT molecular complexity index is 984. The lowest BCUT2D eigenvalue weighted by atomic mass is 10.3. The second kappa shape index (κ2) is 9.40. The maximum absolute atomic E-state index is 13.0. The first-order chi connectivity index (χ1) is 14.3. The number of aryl methyl sites for hydroxylation is 2. The second-order valence-corrected chi connectivity index (χ2v) is 9.20. The maximum atomic E-state index is 13.0. The van der Waals surface area contributed by atoms with Gasteiger partial charge in [0.15, 0.2) is 5.69 Å². The topological polar surface area (TPSA) is 105 Å². The Kier molecular flexibility index (Phi) is 6.88. The minimum absolute atomic E-state index is 0.0689. The first kappa shape index (κ1) is 22.0. The number of nitrogens with one attached hydrogen (secondary N) is 1. The summed E-state index contributed by atoms with van der Waals surface area (Å²) in [6.45, 7) is 3.19. The lowest BCUT2D eigenvalue weighted by Crippen LogP contribution is -2.39. The molecule has 162 valence electrons. The highest BCUT2D eigenvalue weighted by molar-refractivity contribution is 7.89. The predicted molar refractivity (Wildman–Crippen MR) is 111 cm³/mol. The number of hydrogen-bond donors (Lipinski definition) is 1. The average Bonchev–Trinajstić information content (AvgIpc) is 3.05. The summed E-state index contributed by atoms with van der Waals surface area (Å²) in [7, 11) is -1.95. The summed E-state index contributed by atoms with van der Waals surface area (Å²) < 4.78 is 29.0. The van der Waals surface area contributed by atoms with E-state index in [4.69, 9.17) is 0 Å². The largest absolute Gasteiger partial charge is 0.354 e. The number of sulfonamides is 1. The minimum Gasteiger partial charge on any atom is -0.354 e. The Hall–Kier alpha value is -2.72. The number of aromatic nitrogens is 2. The van der Waals surface area contributed by atoms with Gasteiger partial charge in [-0.05, 0) is 31.5 Å². The van der Waals surface area contributed by atoms with Gasteiger partial charge in [0.1, 0.15) is 0 Å². The first-order valence-electron chi connectivity index (χ1n) is 9.91. The smallest absolute Gasteiger partial charge is 0.274 e. The lowest BCUT2D eigenvalue weighted by molar-refractivity contribution is -0.121. The molecule has 0 aliphatic carbocycles. The summed E-state index contributed by atoms with van der Waals surface area (Å²) in [6, 6.07) is 9.89. The van der Waals surface area contributed by atoms with Crippen LogP contribution in [0.5, 0.6) is 0 Å². The van der Waals surface area contributed by atoms with Crippen LogP contribution in [0.2, 0.25) is 0 Å². The Balaban J connectivity index is 1.78. The van der Waals surface area contributed by atoms with Gasteiger partial charge in [-0.25, -0.2) is 8.42 Å². The van der Waals surface area contributed by atoms with Crippen molar-refractivity contribution in [3.05, 3.63) is 47.8 Å². The van der Waals surface area contributed by atoms with E-state index in [9.17, 15) is 18.0 Å². The normalized spacial score (nSPS) is 17.3. The van der Waals surface area contributed by atoms with Crippen molar-refractivity contribution < 1.29 is 18.0 Å². The van der Waals surface area contributed by atoms with E-state index in [1.165, 1.54) is 4.31 Å². The van der Waals surface area contributed by atoms with Crippen molar-refractivity contribution in [2.75, 3.05) is 32.7 Å². The van der Waals surface area contributed by atoms with Gasteiger partial charge in [-0.3, -0.25) is 14.3 Å². The molecule has 2 amide bonds. The van der Waals surface area contributed by atoms with E-state index in [2.05, 4.69) is 10.4 Å². The molecule has 1 aromatic heterocycles. The Morgan fingerprint density at radius 2 is 1.83 bits per heavy atom. The molecule has 2 heterocycles. The lowest BCUT2D eigenvalue weighted by Gasteiger charge is -2.24. The van der Waals surface area contributed by atoms with Gasteiger partial charge in [0, 0.05) is 51.9 Å². The zero-order valence-electron chi connectivity index (χ0n) is 17.2. The summed E-state index contributed by atoms with van der Waals surface area (Å²) in [5, 5.41) is 7.01. The summed E-state index contributed by atoms with van der Waals surface area (Å²) in [4.78, 5) is 26.9. The standard InChI is InChI=1S/C20H27N5O4S/c1-16-15-18(22-23(16)2)20(27)24-11-6-12-25(13-9-19(26)21-10-14-24)30(28,29)17-7-4-3-5-8-17/h3-5,7-8,15H,6,9-14H2,1-2H3,(H,21,26). The van der Waals surface area contributed by atoms with Crippen LogP contribution in [0.1, 0.15) is 29.0 Å². The number of carbonyl (C=O) groups excluding carboxylic acids is 2. The van der Waals surface area contributed by atoms with E-state index in [0.717, 1.165) is 5.69 Å². The fourth-order valence-electron chi connectivity index (χ4n) is 3.32. The molecule has 1 saturated heterocycles. The molecule has 2 aromatic rings. The summed E-state index contributed by atoms with van der Waals surface area (Å²) in [5.41, 5.74) is 1.20. The molecule has 0 bridgehead atoms. The molecule has 9 nitrogen and oxygen atoms in total. The molecule has 1 aliphatic heterocycles. The van der Waals surface area contributed by atoms with Crippen molar-refractivity contribution in [3.63, 3.8) is 0 Å². The quantitative estimate of drug-likeness (QED) is 0.770. The number of rotatable bonds is 3. The zero-order valence-corrected chi connectivity index (χ0v) is 18.1. The van der Waals surface area contributed by atoms with Gasteiger partial charge in [-0.2, -0.15) is 9.40 Å². The highest BCUT2D eigenvalue weighted by Crippen LogP contribution is 2.17. The van der Waals surface area contributed by atoms with Crippen LogP contribution in [0.15, 0.2) is 41.3 Å². The fourth-order valence-corrected chi connectivity index (χ4v) is 4.82. The summed E-state index contributed by atoms with van der Waals surface area (Å²) in [5.74, 6) is -0.476. The molecular formula is C20H27N5O4S. The third kappa shape index (κ3) is 5.06. The van der Waals surface area contributed by atoms with Gasteiger partial charge in [0.05, 0.1) is 4.90 Å². The van der Waals surface area contributed by atoms with E-state index in [-0.39, 0.29) is 36.2 Å². The molecule has 1 aliphatic rings. The number of carbonyl (C=O) groups is 2. The van der Waals surface area contributed by atoms with Gasteiger partial charge in [-0.1, -0.05) is 18.2 Å². The van der Waals surface area contributed by atoms with Crippen molar-refractivity contribution in [3.8, 4) is 0 Å². The number of benzene rings is 1. The zero-order chi connectivity index (χ0) is 21.7. The predicted octanol–water partition coefficient (Wildman–Crippen LogP) is 0.772. The fraction of sp³-hybridized carbons (Fsp3) is 0.450. The Labute approximate surface area is 176 Å². The summed E-state index contributed by atoms with van der Waals surface area (Å²) in [6.07, 6.45) is 0.525. The van der Waals surface area contributed by atoms with Crippen LogP contribution in [0.4, 0.5) is 0 Å². The van der Waals surface area contributed by atoms with Crippen LogP contribution < -0.4 is 5.32 Å². The third-order valence-electron chi connectivity index (χ3n) is 5.13. The van der Waals surface area contributed by atoms with Crippen LogP contribution in [0, 0.1) is 6.92 Å². The van der Waals surface area contributed by atoms with E-state index < -0.39 is 10.0 Å². The monoisotopic (exact) mass is 433 g/mol. The van der Waals surface area contributed by atoms with Gasteiger partial charge in [-0.15, -0.1) is 0 Å². The molecule has 3 rings (SSSR count). The third-order valence-corrected chi connectivity index (χ3v) is 7.04. The number of amides is 2. The van der Waals surface area contributed by atoms with Crippen molar-refractivity contribution in [2.24, 2.45) is 7.05 Å². The highest BCUT2D eigenvalue weighted by atomic mass is 32.2. The molecule has 0 saturated carbocycles. The van der Waals surface area contributed by atoms with Crippen molar-refractivity contribution in [2.45, 2.75) is 24.7 Å². The van der Waals surface area contributed by atoms with Gasteiger partial charge >= 0.3 is 0 Å². The van der Waals surface area contributed by atoms with Crippen LogP contribution in [0.25, 0.3) is 0 Å². The average molecular weight is 434 g/mol. The Morgan fingerprint density at radius 3 is 2.50 bits per heavy atom. The Morgan fingerprint density at radius 1 is 1.10 bits per heavy atom. The van der Waals surface area contributed by atoms with Crippen LogP contribution >= 0.6 is 0 Å². The second-order valence-electron chi connectivity index (χ2n) is 7.26. The summed E-state index contributed by atoms with van der Waals surface area (Å²) >= 11 is 0. The first-order valence-corrected chi connectivity index (χ1v) is 11.3. The van der Waals surface area contributed by atoms with E-state index in [1.54, 1.807) is 53.0 Å². The molecule has 0 radical (unpaired) electrons. The molecule has 30 heavy (non-hydrogen) atoms. The van der Waals surface area contributed by atoms with E-state index in [0.29, 0.717) is 31.7 Å².